The maximum atomic E-state index is 11.9. The lowest BCUT2D eigenvalue weighted by atomic mass is 9.97. The van der Waals surface area contributed by atoms with Crippen LogP contribution >= 0.6 is 0 Å². The van der Waals surface area contributed by atoms with Crippen LogP contribution < -0.4 is 10.6 Å². The fourth-order valence-electron chi connectivity index (χ4n) is 2.30. The molecule has 2 N–H and O–H groups in total. The number of esters is 1. The van der Waals surface area contributed by atoms with Crippen LogP contribution in [0.1, 0.15) is 24.8 Å². The monoisotopic (exact) mass is 262 g/mol. The average molecular weight is 262 g/mol. The molecule has 0 spiro atoms. The maximum absolute atomic E-state index is 11.9. The van der Waals surface area contributed by atoms with E-state index >= 15 is 0 Å². The zero-order valence-electron chi connectivity index (χ0n) is 11.1. The number of benzene rings is 1. The fourth-order valence-corrected chi connectivity index (χ4v) is 2.30. The molecule has 0 aromatic heterocycles. The number of carbonyl (C=O) groups excluding carboxylic acids is 2. The molecule has 0 saturated heterocycles. The van der Waals surface area contributed by atoms with Gasteiger partial charge in [-0.15, -0.1) is 0 Å². The number of amides is 1. The van der Waals surface area contributed by atoms with Gasteiger partial charge in [0.15, 0.2) is 0 Å². The van der Waals surface area contributed by atoms with Crippen molar-refractivity contribution in [2.45, 2.75) is 25.3 Å². The molecule has 2 atom stereocenters. The van der Waals surface area contributed by atoms with Gasteiger partial charge in [0.1, 0.15) is 6.04 Å². The second-order valence-electron chi connectivity index (χ2n) is 4.68. The standard InChI is InChI=1S/C14H18N2O3/c1-9(14(18)19-2)16-13(17)7-10-8-15-12-6-4-3-5-11(10)12/h3-6,9-10,15H,7-8H2,1-2H3,(H,16,17)/t9-,10?/m0/s1. The number of hydrogen-bond donors (Lipinski definition) is 2. The van der Waals surface area contributed by atoms with Gasteiger partial charge in [-0.25, -0.2) is 4.79 Å². The van der Waals surface area contributed by atoms with E-state index in [1.54, 1.807) is 6.92 Å². The molecule has 0 bridgehead atoms. The summed E-state index contributed by atoms with van der Waals surface area (Å²) in [6, 6.07) is 7.35. The van der Waals surface area contributed by atoms with Crippen LogP contribution in [0.3, 0.4) is 0 Å². The second-order valence-corrected chi connectivity index (χ2v) is 4.68. The zero-order chi connectivity index (χ0) is 13.8. The van der Waals surface area contributed by atoms with Gasteiger partial charge in [-0.1, -0.05) is 18.2 Å². The molecule has 1 aliphatic heterocycles. The van der Waals surface area contributed by atoms with Crippen molar-refractivity contribution in [3.8, 4) is 0 Å². The van der Waals surface area contributed by atoms with Crippen molar-refractivity contribution < 1.29 is 14.3 Å². The molecule has 1 aromatic rings. The molecule has 1 aliphatic rings. The molecule has 5 nitrogen and oxygen atoms in total. The van der Waals surface area contributed by atoms with Gasteiger partial charge < -0.3 is 15.4 Å². The minimum atomic E-state index is -0.609. The molecule has 1 amide bonds. The van der Waals surface area contributed by atoms with Crippen LogP contribution in [0.5, 0.6) is 0 Å². The Kier molecular flexibility index (Phi) is 4.04. The first kappa shape index (κ1) is 13.4. The maximum Gasteiger partial charge on any atom is 0.328 e. The van der Waals surface area contributed by atoms with Gasteiger partial charge in [0.2, 0.25) is 5.91 Å². The van der Waals surface area contributed by atoms with E-state index in [0.29, 0.717) is 6.42 Å². The molecule has 0 fully saturated rings. The third-order valence-electron chi connectivity index (χ3n) is 3.30. The molecule has 1 aromatic carbocycles. The highest BCUT2D eigenvalue weighted by Gasteiger charge is 2.25. The van der Waals surface area contributed by atoms with Crippen molar-refractivity contribution in [3.05, 3.63) is 29.8 Å². The summed E-state index contributed by atoms with van der Waals surface area (Å²) in [5.74, 6) is -0.416. The summed E-state index contributed by atoms with van der Waals surface area (Å²) in [5.41, 5.74) is 2.24. The Morgan fingerprint density at radius 1 is 1.47 bits per heavy atom. The lowest BCUT2D eigenvalue weighted by Crippen LogP contribution is -2.39. The quantitative estimate of drug-likeness (QED) is 0.802. The third-order valence-corrected chi connectivity index (χ3v) is 3.30. The fraction of sp³-hybridized carbons (Fsp3) is 0.429. The van der Waals surface area contributed by atoms with E-state index in [4.69, 9.17) is 0 Å². The molecule has 1 unspecified atom stereocenters. The Morgan fingerprint density at radius 2 is 2.21 bits per heavy atom. The van der Waals surface area contributed by atoms with Crippen molar-refractivity contribution in [3.63, 3.8) is 0 Å². The van der Waals surface area contributed by atoms with E-state index in [2.05, 4.69) is 15.4 Å². The number of methoxy groups -OCH3 is 1. The summed E-state index contributed by atoms with van der Waals surface area (Å²) in [6.07, 6.45) is 0.366. The number of ether oxygens (including phenoxy) is 1. The average Bonchev–Trinajstić information content (AvgIpc) is 2.81. The molecule has 0 radical (unpaired) electrons. The topological polar surface area (TPSA) is 67.4 Å². The Morgan fingerprint density at radius 3 is 2.95 bits per heavy atom. The largest absolute Gasteiger partial charge is 0.467 e. The van der Waals surface area contributed by atoms with Crippen LogP contribution in [0.15, 0.2) is 24.3 Å². The highest BCUT2D eigenvalue weighted by Crippen LogP contribution is 2.32. The Balaban J connectivity index is 1.92. The number of nitrogens with one attached hydrogen (secondary N) is 2. The lowest BCUT2D eigenvalue weighted by Gasteiger charge is -2.14. The van der Waals surface area contributed by atoms with Crippen LogP contribution in [0.2, 0.25) is 0 Å². The van der Waals surface area contributed by atoms with Crippen molar-refractivity contribution in [2.24, 2.45) is 0 Å². The van der Waals surface area contributed by atoms with E-state index in [0.717, 1.165) is 17.8 Å². The number of carbonyl (C=O) groups is 2. The Bertz CT molecular complexity index is 487. The first-order valence-corrected chi connectivity index (χ1v) is 6.31. The van der Waals surface area contributed by atoms with E-state index in [1.807, 2.05) is 24.3 Å². The minimum absolute atomic E-state index is 0.138. The smallest absolute Gasteiger partial charge is 0.328 e. The van der Waals surface area contributed by atoms with Gasteiger partial charge in [0, 0.05) is 24.6 Å². The van der Waals surface area contributed by atoms with Gasteiger partial charge in [-0.3, -0.25) is 4.79 Å². The first-order chi connectivity index (χ1) is 9.11. The predicted octanol–water partition coefficient (Wildman–Crippen LogP) is 1.26. The molecular formula is C14H18N2O3. The van der Waals surface area contributed by atoms with Crippen LogP contribution in [0, 0.1) is 0 Å². The van der Waals surface area contributed by atoms with E-state index in [-0.39, 0.29) is 11.8 Å². The summed E-state index contributed by atoms with van der Waals surface area (Å²) >= 11 is 0. The number of hydrogen-bond acceptors (Lipinski definition) is 4. The Labute approximate surface area is 112 Å². The van der Waals surface area contributed by atoms with Crippen molar-refractivity contribution in [1.82, 2.24) is 5.32 Å². The zero-order valence-corrected chi connectivity index (χ0v) is 11.1. The molecule has 1 heterocycles. The van der Waals surface area contributed by atoms with Crippen molar-refractivity contribution in [2.75, 3.05) is 19.0 Å². The number of anilines is 1. The lowest BCUT2D eigenvalue weighted by molar-refractivity contribution is -0.144. The second kappa shape index (κ2) is 5.73. The molecule has 0 aliphatic carbocycles. The van der Waals surface area contributed by atoms with E-state index in [1.165, 1.54) is 7.11 Å². The molecule has 0 saturated carbocycles. The van der Waals surface area contributed by atoms with Gasteiger partial charge >= 0.3 is 5.97 Å². The van der Waals surface area contributed by atoms with Crippen molar-refractivity contribution in [1.29, 1.82) is 0 Å². The number of rotatable bonds is 4. The van der Waals surface area contributed by atoms with E-state index < -0.39 is 12.0 Å². The van der Waals surface area contributed by atoms with E-state index in [9.17, 15) is 9.59 Å². The Hall–Kier alpha value is -2.04. The summed E-state index contributed by atoms with van der Waals surface area (Å²) in [7, 11) is 1.31. The van der Waals surface area contributed by atoms with Gasteiger partial charge in [0.05, 0.1) is 7.11 Å². The van der Waals surface area contributed by atoms with Crippen LogP contribution in [-0.2, 0) is 14.3 Å². The number of fused-ring (bicyclic) bond motifs is 1. The summed E-state index contributed by atoms with van der Waals surface area (Å²) < 4.78 is 4.57. The van der Waals surface area contributed by atoms with Crippen LogP contribution in [0.25, 0.3) is 0 Å². The molecule has 2 rings (SSSR count). The number of para-hydroxylation sites is 1. The van der Waals surface area contributed by atoms with Gasteiger partial charge in [-0.2, -0.15) is 0 Å². The minimum Gasteiger partial charge on any atom is -0.467 e. The van der Waals surface area contributed by atoms with Crippen LogP contribution in [0.4, 0.5) is 5.69 Å². The molecule has 5 heteroatoms. The summed E-state index contributed by atoms with van der Waals surface area (Å²) in [5, 5.41) is 5.92. The first-order valence-electron chi connectivity index (χ1n) is 6.31. The van der Waals surface area contributed by atoms with Crippen molar-refractivity contribution >= 4 is 17.6 Å². The predicted molar refractivity (Wildman–Crippen MR) is 71.9 cm³/mol. The van der Waals surface area contributed by atoms with Crippen LogP contribution in [-0.4, -0.2) is 31.6 Å². The molecule has 102 valence electrons. The van der Waals surface area contributed by atoms with Gasteiger partial charge in [0.25, 0.3) is 0 Å². The van der Waals surface area contributed by atoms with Gasteiger partial charge in [-0.05, 0) is 18.6 Å². The summed E-state index contributed by atoms with van der Waals surface area (Å²) in [6.45, 7) is 2.37. The highest BCUT2D eigenvalue weighted by molar-refractivity contribution is 5.84. The highest BCUT2D eigenvalue weighted by atomic mass is 16.5. The molecular weight excluding hydrogens is 244 g/mol. The normalized spacial score (nSPS) is 18.1. The third kappa shape index (κ3) is 3.05. The molecule has 19 heavy (non-hydrogen) atoms. The summed E-state index contributed by atoms with van der Waals surface area (Å²) in [4.78, 5) is 23.1. The SMILES string of the molecule is COC(=O)[C@H](C)NC(=O)CC1CNc2ccccc21.